The standard InChI is InChI=1S/C12H19NO2S/c1-3-7-11(14)10-16(15,13-2)12-8-5-4-6-9-12/h4-6,8-9,11,14H,3,7,10H2,1-2H3/t11-,16?/m1/s1. The van der Waals surface area contributed by atoms with Gasteiger partial charge in [0.2, 0.25) is 0 Å². The zero-order valence-electron chi connectivity index (χ0n) is 9.80. The van der Waals surface area contributed by atoms with Gasteiger partial charge in [0.05, 0.1) is 21.6 Å². The Morgan fingerprint density at radius 1 is 1.38 bits per heavy atom. The van der Waals surface area contributed by atoms with E-state index in [4.69, 9.17) is 0 Å². The van der Waals surface area contributed by atoms with E-state index < -0.39 is 15.8 Å². The van der Waals surface area contributed by atoms with Crippen LogP contribution in [0.3, 0.4) is 0 Å². The molecule has 1 aromatic rings. The van der Waals surface area contributed by atoms with Gasteiger partial charge in [0, 0.05) is 11.9 Å². The van der Waals surface area contributed by atoms with Crippen LogP contribution in [0.1, 0.15) is 19.8 Å². The first-order valence-corrected chi connectivity index (χ1v) is 7.17. The summed E-state index contributed by atoms with van der Waals surface area (Å²) in [6.07, 6.45) is 1.01. The zero-order valence-corrected chi connectivity index (χ0v) is 10.6. The first-order chi connectivity index (χ1) is 7.62. The molecule has 1 rings (SSSR count). The molecule has 1 aromatic carbocycles. The van der Waals surface area contributed by atoms with Gasteiger partial charge in [-0.2, -0.15) is 0 Å². The van der Waals surface area contributed by atoms with Crippen molar-refractivity contribution in [3.8, 4) is 0 Å². The van der Waals surface area contributed by atoms with E-state index in [1.165, 1.54) is 0 Å². The van der Waals surface area contributed by atoms with E-state index in [9.17, 15) is 9.32 Å². The molecule has 0 fully saturated rings. The SMILES string of the molecule is CCC[C@@H](O)CS(=O)(=NC)c1ccccc1. The van der Waals surface area contributed by atoms with Crippen molar-refractivity contribution in [3.05, 3.63) is 30.3 Å². The number of hydrogen-bond acceptors (Lipinski definition) is 3. The Hall–Kier alpha value is -0.870. The maximum Gasteiger partial charge on any atom is 0.0774 e. The number of rotatable bonds is 5. The van der Waals surface area contributed by atoms with Crippen molar-refractivity contribution in [1.82, 2.24) is 0 Å². The highest BCUT2D eigenvalue weighted by Crippen LogP contribution is 2.15. The summed E-state index contributed by atoms with van der Waals surface area (Å²) in [6.45, 7) is 2.00. The minimum absolute atomic E-state index is 0.224. The summed E-state index contributed by atoms with van der Waals surface area (Å²) in [4.78, 5) is 0.702. The van der Waals surface area contributed by atoms with Gasteiger partial charge in [0.15, 0.2) is 0 Å². The Bertz CT molecular complexity index is 422. The molecule has 0 aromatic heterocycles. The first kappa shape index (κ1) is 13.2. The van der Waals surface area contributed by atoms with Gasteiger partial charge in [0.25, 0.3) is 0 Å². The minimum atomic E-state index is -2.45. The Morgan fingerprint density at radius 3 is 2.50 bits per heavy atom. The fourth-order valence-corrected chi connectivity index (χ4v) is 3.41. The molecular formula is C12H19NO2S. The van der Waals surface area contributed by atoms with Gasteiger partial charge in [-0.25, -0.2) is 8.57 Å². The van der Waals surface area contributed by atoms with Crippen LogP contribution in [0.15, 0.2) is 39.6 Å². The van der Waals surface area contributed by atoms with Crippen molar-refractivity contribution in [2.45, 2.75) is 30.8 Å². The largest absolute Gasteiger partial charge is 0.392 e. The van der Waals surface area contributed by atoms with Gasteiger partial charge in [-0.1, -0.05) is 31.5 Å². The average Bonchev–Trinajstić information content (AvgIpc) is 2.30. The van der Waals surface area contributed by atoms with E-state index in [1.807, 2.05) is 25.1 Å². The van der Waals surface area contributed by atoms with Gasteiger partial charge >= 0.3 is 0 Å². The van der Waals surface area contributed by atoms with E-state index in [2.05, 4.69) is 4.36 Å². The predicted octanol–water partition coefficient (Wildman–Crippen LogP) is 2.30. The van der Waals surface area contributed by atoms with Crippen LogP contribution in [0.25, 0.3) is 0 Å². The van der Waals surface area contributed by atoms with Crippen LogP contribution >= 0.6 is 0 Å². The second-order valence-corrected chi connectivity index (χ2v) is 6.20. The summed E-state index contributed by atoms with van der Waals surface area (Å²) in [5.41, 5.74) is 0. The van der Waals surface area contributed by atoms with Crippen LogP contribution in [-0.4, -0.2) is 28.2 Å². The van der Waals surface area contributed by atoms with Crippen molar-refractivity contribution >= 4 is 9.73 Å². The summed E-state index contributed by atoms with van der Waals surface area (Å²) in [7, 11) is -0.902. The molecular weight excluding hydrogens is 222 g/mol. The van der Waals surface area contributed by atoms with Gasteiger partial charge < -0.3 is 5.11 Å². The molecule has 0 saturated heterocycles. The van der Waals surface area contributed by atoms with Gasteiger partial charge in [0.1, 0.15) is 0 Å². The quantitative estimate of drug-likeness (QED) is 0.860. The molecule has 1 unspecified atom stereocenters. The van der Waals surface area contributed by atoms with Gasteiger partial charge in [-0.3, -0.25) is 0 Å². The van der Waals surface area contributed by atoms with Crippen molar-refractivity contribution in [1.29, 1.82) is 0 Å². The Kier molecular flexibility index (Phi) is 4.96. The Morgan fingerprint density at radius 2 is 2.00 bits per heavy atom. The molecule has 3 nitrogen and oxygen atoms in total. The highest BCUT2D eigenvalue weighted by molar-refractivity contribution is 7.93. The third kappa shape index (κ3) is 3.32. The van der Waals surface area contributed by atoms with E-state index in [0.29, 0.717) is 11.3 Å². The predicted molar refractivity (Wildman–Crippen MR) is 67.0 cm³/mol. The van der Waals surface area contributed by atoms with E-state index in [0.717, 1.165) is 6.42 Å². The highest BCUT2D eigenvalue weighted by atomic mass is 32.2. The molecule has 90 valence electrons. The lowest BCUT2D eigenvalue weighted by Crippen LogP contribution is -2.20. The second-order valence-electron chi connectivity index (χ2n) is 3.75. The molecule has 0 amide bonds. The van der Waals surface area contributed by atoms with Gasteiger partial charge in [-0.15, -0.1) is 0 Å². The molecule has 0 radical (unpaired) electrons. The minimum Gasteiger partial charge on any atom is -0.392 e. The third-order valence-electron chi connectivity index (χ3n) is 2.45. The molecule has 0 heterocycles. The summed E-state index contributed by atoms with van der Waals surface area (Å²) in [6, 6.07) is 9.15. The number of aliphatic hydroxyl groups excluding tert-OH is 1. The molecule has 0 aliphatic heterocycles. The Labute approximate surface area is 97.7 Å². The lowest BCUT2D eigenvalue weighted by molar-refractivity contribution is 0.187. The number of hydrogen-bond donors (Lipinski definition) is 1. The fraction of sp³-hybridized carbons (Fsp3) is 0.500. The third-order valence-corrected chi connectivity index (χ3v) is 4.88. The second kappa shape index (κ2) is 6.01. The van der Waals surface area contributed by atoms with E-state index in [1.54, 1.807) is 19.2 Å². The molecule has 4 heteroatoms. The molecule has 0 spiro atoms. The molecule has 0 bridgehead atoms. The van der Waals surface area contributed by atoms with E-state index >= 15 is 0 Å². The molecule has 1 N–H and O–H groups in total. The van der Waals surface area contributed by atoms with E-state index in [-0.39, 0.29) is 5.75 Å². The van der Waals surface area contributed by atoms with Crippen LogP contribution in [-0.2, 0) is 9.73 Å². The maximum absolute atomic E-state index is 12.5. The lowest BCUT2D eigenvalue weighted by atomic mass is 10.2. The number of benzene rings is 1. The van der Waals surface area contributed by atoms with Crippen LogP contribution < -0.4 is 0 Å². The average molecular weight is 241 g/mol. The fourth-order valence-electron chi connectivity index (χ4n) is 1.59. The molecule has 0 aliphatic rings. The summed E-state index contributed by atoms with van der Waals surface area (Å²) in [5, 5.41) is 9.74. The van der Waals surface area contributed by atoms with Crippen LogP contribution in [0.5, 0.6) is 0 Å². The Balaban J connectivity index is 2.93. The summed E-state index contributed by atoms with van der Waals surface area (Å²) >= 11 is 0. The van der Waals surface area contributed by atoms with Crippen LogP contribution in [0.2, 0.25) is 0 Å². The van der Waals surface area contributed by atoms with Crippen molar-refractivity contribution in [2.75, 3.05) is 12.8 Å². The van der Waals surface area contributed by atoms with Gasteiger partial charge in [-0.05, 0) is 18.6 Å². The monoisotopic (exact) mass is 241 g/mol. The van der Waals surface area contributed by atoms with Crippen molar-refractivity contribution in [3.63, 3.8) is 0 Å². The van der Waals surface area contributed by atoms with Crippen molar-refractivity contribution in [2.24, 2.45) is 4.36 Å². The number of nitrogens with zero attached hydrogens (tertiary/aromatic N) is 1. The highest BCUT2D eigenvalue weighted by Gasteiger charge is 2.16. The van der Waals surface area contributed by atoms with Crippen molar-refractivity contribution < 1.29 is 9.32 Å². The number of aliphatic hydroxyl groups is 1. The topological polar surface area (TPSA) is 49.7 Å². The van der Waals surface area contributed by atoms with Crippen LogP contribution in [0, 0.1) is 0 Å². The molecule has 0 saturated carbocycles. The first-order valence-electron chi connectivity index (χ1n) is 5.48. The zero-order chi connectivity index (χ0) is 12.0. The maximum atomic E-state index is 12.5. The molecule has 2 atom stereocenters. The normalized spacial score (nSPS) is 16.4. The van der Waals surface area contributed by atoms with Crippen LogP contribution in [0.4, 0.5) is 0 Å². The molecule has 0 aliphatic carbocycles. The summed E-state index contributed by atoms with van der Waals surface area (Å²) < 4.78 is 16.5. The summed E-state index contributed by atoms with van der Waals surface area (Å²) in [5.74, 6) is 0.224. The smallest absolute Gasteiger partial charge is 0.0774 e. The molecule has 16 heavy (non-hydrogen) atoms. The lowest BCUT2D eigenvalue weighted by Gasteiger charge is -2.13.